The maximum Gasteiger partial charge on any atom is 0.248 e. The number of benzene rings is 1. The van der Waals surface area contributed by atoms with Crippen LogP contribution >= 0.6 is 0 Å². The molecule has 2 rings (SSSR count). The van der Waals surface area contributed by atoms with Gasteiger partial charge in [-0.05, 0) is 37.0 Å². The lowest BCUT2D eigenvalue weighted by molar-refractivity contribution is -0.696. The number of aryl methyl sites for hydroxylation is 2. The lowest BCUT2D eigenvalue weighted by Crippen LogP contribution is -3.00. The number of hydrogen-bond acceptors (Lipinski definition) is 0. The minimum absolute atomic E-state index is 0. The number of hydrogen-bond donors (Lipinski definition) is 0. The van der Waals surface area contributed by atoms with E-state index in [1.165, 1.54) is 88.3 Å². The largest absolute Gasteiger partial charge is 1.00 e. The van der Waals surface area contributed by atoms with Gasteiger partial charge in [-0.2, -0.15) is 0 Å². The summed E-state index contributed by atoms with van der Waals surface area (Å²) in [7, 11) is 0. The van der Waals surface area contributed by atoms with Crippen molar-refractivity contribution in [2.45, 2.75) is 104 Å². The van der Waals surface area contributed by atoms with Crippen molar-refractivity contribution in [1.82, 2.24) is 4.57 Å². The van der Waals surface area contributed by atoms with Crippen molar-refractivity contribution in [3.05, 3.63) is 48.5 Å². The Bertz CT molecular complexity index is 603. The van der Waals surface area contributed by atoms with Gasteiger partial charge in [-0.1, -0.05) is 90.2 Å². The third-order valence-corrected chi connectivity index (χ3v) is 5.60. The molecule has 1 aromatic heterocycles. The van der Waals surface area contributed by atoms with Gasteiger partial charge in [0.1, 0.15) is 18.1 Å². The van der Waals surface area contributed by atoms with E-state index < -0.39 is 0 Å². The number of nitrogens with zero attached hydrogens (tertiary/aromatic N) is 2. The topological polar surface area (TPSA) is 8.81 Å². The van der Waals surface area contributed by atoms with Gasteiger partial charge in [0.2, 0.25) is 6.33 Å². The van der Waals surface area contributed by atoms with Gasteiger partial charge < -0.3 is 17.0 Å². The molecule has 0 unspecified atom stereocenters. The van der Waals surface area contributed by atoms with Crippen LogP contribution in [0.25, 0.3) is 5.69 Å². The molecule has 1 aromatic carbocycles. The number of imidazole rings is 1. The molecule has 0 saturated carbocycles. The summed E-state index contributed by atoms with van der Waals surface area (Å²) in [5.74, 6) is 0. The highest BCUT2D eigenvalue weighted by Crippen LogP contribution is 2.12. The summed E-state index contributed by atoms with van der Waals surface area (Å²) < 4.78 is 4.55. The minimum atomic E-state index is 0. The Morgan fingerprint density at radius 3 is 1.79 bits per heavy atom. The van der Waals surface area contributed by atoms with Crippen LogP contribution in [0.1, 0.15) is 96.5 Å². The minimum Gasteiger partial charge on any atom is -1.00 e. The van der Waals surface area contributed by atoms with E-state index in [-0.39, 0.29) is 17.0 Å². The van der Waals surface area contributed by atoms with Gasteiger partial charge >= 0.3 is 0 Å². The highest BCUT2D eigenvalue weighted by molar-refractivity contribution is 5.34. The van der Waals surface area contributed by atoms with Crippen LogP contribution < -0.4 is 21.5 Å². The molecule has 0 atom stereocenters. The van der Waals surface area contributed by atoms with Crippen LogP contribution in [0.2, 0.25) is 0 Å². The average Bonchev–Trinajstić information content (AvgIpc) is 3.18. The van der Waals surface area contributed by atoms with Gasteiger partial charge in [0.25, 0.3) is 0 Å². The zero-order chi connectivity index (χ0) is 19.2. The number of halogens is 1. The molecule has 1 heterocycles. The number of rotatable bonds is 15. The first-order valence-corrected chi connectivity index (χ1v) is 11.5. The van der Waals surface area contributed by atoms with E-state index in [1.807, 2.05) is 0 Å². The molecule has 0 fully saturated rings. The van der Waals surface area contributed by atoms with Crippen molar-refractivity contribution in [2.24, 2.45) is 0 Å². The zero-order valence-electron chi connectivity index (χ0n) is 18.2. The Morgan fingerprint density at radius 2 is 1.25 bits per heavy atom. The molecular weight excluding hydrogens is 408 g/mol. The van der Waals surface area contributed by atoms with Crippen LogP contribution in [0.15, 0.2) is 43.0 Å². The first-order chi connectivity index (χ1) is 13.3. The fourth-order valence-corrected chi connectivity index (χ4v) is 3.72. The normalized spacial score (nSPS) is 10.8. The molecule has 2 aromatic rings. The summed E-state index contributed by atoms with van der Waals surface area (Å²) in [6.07, 6.45) is 24.6. The molecule has 0 saturated heterocycles. The summed E-state index contributed by atoms with van der Waals surface area (Å²) >= 11 is 0. The van der Waals surface area contributed by atoms with E-state index in [4.69, 9.17) is 0 Å². The molecule has 0 amide bonds. The first-order valence-electron chi connectivity index (χ1n) is 11.5. The van der Waals surface area contributed by atoms with Gasteiger partial charge in [-0.15, -0.1) is 0 Å². The van der Waals surface area contributed by atoms with E-state index in [1.54, 1.807) is 0 Å². The van der Waals surface area contributed by atoms with Gasteiger partial charge in [-0.3, -0.25) is 0 Å². The van der Waals surface area contributed by atoms with Crippen molar-refractivity contribution in [3.63, 3.8) is 0 Å². The molecule has 28 heavy (non-hydrogen) atoms. The number of aromatic nitrogens is 2. The molecule has 2 nitrogen and oxygen atoms in total. The molecule has 0 bridgehead atoms. The summed E-state index contributed by atoms with van der Waals surface area (Å²) in [4.78, 5) is 0. The lowest BCUT2D eigenvalue weighted by atomic mass is 10.1. The Labute approximate surface area is 184 Å². The molecule has 0 N–H and O–H groups in total. The molecule has 158 valence electrons. The van der Waals surface area contributed by atoms with Gasteiger partial charge in [-0.25, -0.2) is 9.13 Å². The van der Waals surface area contributed by atoms with E-state index in [0.29, 0.717) is 0 Å². The third-order valence-electron chi connectivity index (χ3n) is 5.60. The van der Waals surface area contributed by atoms with Crippen molar-refractivity contribution in [2.75, 3.05) is 0 Å². The van der Waals surface area contributed by atoms with Crippen LogP contribution in [0, 0.1) is 0 Å². The highest BCUT2D eigenvalue weighted by atomic mass is 79.9. The second-order valence-electron chi connectivity index (χ2n) is 7.97. The predicted molar refractivity (Wildman–Crippen MR) is 116 cm³/mol. The van der Waals surface area contributed by atoms with Crippen LogP contribution in [0.4, 0.5) is 0 Å². The van der Waals surface area contributed by atoms with Crippen molar-refractivity contribution >= 4 is 0 Å². The fraction of sp³-hybridized carbons (Fsp3) is 0.640. The number of unbranched alkanes of at least 4 members (excludes halogenated alkanes) is 11. The van der Waals surface area contributed by atoms with Gasteiger partial charge in [0, 0.05) is 0 Å². The summed E-state index contributed by atoms with van der Waals surface area (Å²) in [5, 5.41) is 0. The Morgan fingerprint density at radius 1 is 0.714 bits per heavy atom. The monoisotopic (exact) mass is 448 g/mol. The second-order valence-corrected chi connectivity index (χ2v) is 7.97. The average molecular weight is 450 g/mol. The highest BCUT2D eigenvalue weighted by Gasteiger charge is 2.06. The maximum atomic E-state index is 2.32. The second kappa shape index (κ2) is 15.8. The molecule has 0 aliphatic carbocycles. The van der Waals surface area contributed by atoms with Crippen LogP contribution in [-0.2, 0) is 13.0 Å². The molecule has 0 spiro atoms. The molecule has 0 aliphatic heterocycles. The van der Waals surface area contributed by atoms with Crippen LogP contribution in [0.5, 0.6) is 0 Å². The molecule has 0 radical (unpaired) electrons. The van der Waals surface area contributed by atoms with E-state index >= 15 is 0 Å². The Balaban J connectivity index is 0.00000392. The molecular formula is C25H41BrN2. The summed E-state index contributed by atoms with van der Waals surface area (Å²) in [5.41, 5.74) is 2.65. The standard InChI is InChI=1S/C25H41N2.BrH/c1-3-5-6-7-8-9-10-11-12-13-14-15-20-26-21-22-27(23-26)25-18-16-24(4-2)17-19-25;/h16-19,21-23H,3-15,20H2,1-2H3;1H/q+1;/p-1. The summed E-state index contributed by atoms with van der Waals surface area (Å²) in [6.45, 7) is 5.63. The SMILES string of the molecule is CCCCCCCCCCCCCC[n+]1ccn(-c2ccc(CC)cc2)c1.[Br-]. The fourth-order valence-electron chi connectivity index (χ4n) is 3.72. The van der Waals surface area contributed by atoms with E-state index in [9.17, 15) is 0 Å². The third kappa shape index (κ3) is 9.91. The van der Waals surface area contributed by atoms with Crippen molar-refractivity contribution < 1.29 is 21.5 Å². The van der Waals surface area contributed by atoms with E-state index in [2.05, 4.69) is 66.0 Å². The first kappa shape index (κ1) is 24.9. The summed E-state index contributed by atoms with van der Waals surface area (Å²) in [6, 6.07) is 8.88. The molecule has 3 heteroatoms. The van der Waals surface area contributed by atoms with Gasteiger partial charge in [0.05, 0.1) is 6.54 Å². The van der Waals surface area contributed by atoms with Crippen LogP contribution in [0.3, 0.4) is 0 Å². The maximum absolute atomic E-state index is 2.32. The Hall–Kier alpha value is -1.09. The van der Waals surface area contributed by atoms with Crippen molar-refractivity contribution in [1.29, 1.82) is 0 Å². The zero-order valence-corrected chi connectivity index (χ0v) is 19.8. The van der Waals surface area contributed by atoms with Gasteiger partial charge in [0.15, 0.2) is 0 Å². The van der Waals surface area contributed by atoms with E-state index in [0.717, 1.165) is 13.0 Å². The smallest absolute Gasteiger partial charge is 0.248 e. The quantitative estimate of drug-likeness (QED) is 0.287. The molecule has 0 aliphatic rings. The van der Waals surface area contributed by atoms with Crippen molar-refractivity contribution in [3.8, 4) is 5.69 Å². The lowest BCUT2D eigenvalue weighted by Gasteiger charge is -2.02. The predicted octanol–water partition coefficient (Wildman–Crippen LogP) is 4.03. The van der Waals surface area contributed by atoms with Crippen LogP contribution in [-0.4, -0.2) is 4.57 Å². The Kier molecular flexibility index (Phi) is 14.1.